The summed E-state index contributed by atoms with van der Waals surface area (Å²) in [5.74, 6) is 7.40. The molecular formula is C43H46N8O7S. The predicted octanol–water partition coefficient (Wildman–Crippen LogP) is 6.11. The number of imidazole rings is 2. The third kappa shape index (κ3) is 9.16. The minimum Gasteiger partial charge on any atom is -0.453 e. The van der Waals surface area contributed by atoms with E-state index in [1.807, 2.05) is 66.0 Å². The third-order valence-electron chi connectivity index (χ3n) is 10.7. The molecule has 2 fully saturated rings. The highest BCUT2D eigenvalue weighted by molar-refractivity contribution is 7.10. The van der Waals surface area contributed by atoms with Crippen LogP contribution in [0.4, 0.5) is 9.59 Å². The molecule has 0 bridgehead atoms. The molecule has 59 heavy (non-hydrogen) atoms. The minimum atomic E-state index is -0.900. The van der Waals surface area contributed by atoms with Gasteiger partial charge in [-0.3, -0.25) is 9.59 Å². The Balaban J connectivity index is 0.977. The molecule has 15 nitrogen and oxygen atoms in total. The normalized spacial score (nSPS) is 17.7. The summed E-state index contributed by atoms with van der Waals surface area (Å²) in [5, 5.41) is 7.18. The SMILES string of the molecule is COC(=O)N[C@H](C(=O)N1CCCC1c1ncc(-c2ccc(C#Cc3ccc(-c4cnc(C5CCCN5C(=O)[C@H](NC(=O)OC)c5cccs5)[nH]4)cc3)cc2)[nH]1)[C@@H](C)OC. The lowest BCUT2D eigenvalue weighted by atomic mass is 10.1. The Morgan fingerprint density at radius 1 is 0.746 bits per heavy atom. The van der Waals surface area contributed by atoms with E-state index in [0.29, 0.717) is 24.7 Å². The van der Waals surface area contributed by atoms with Gasteiger partial charge in [-0.2, -0.15) is 0 Å². The van der Waals surface area contributed by atoms with Gasteiger partial charge in [0.15, 0.2) is 0 Å². The van der Waals surface area contributed by atoms with E-state index in [1.165, 1.54) is 32.7 Å². The Labute approximate surface area is 345 Å². The van der Waals surface area contributed by atoms with Crippen LogP contribution in [0.2, 0.25) is 0 Å². The van der Waals surface area contributed by atoms with E-state index in [-0.39, 0.29) is 23.9 Å². The van der Waals surface area contributed by atoms with Gasteiger partial charge in [-0.1, -0.05) is 42.2 Å². The zero-order chi connectivity index (χ0) is 41.5. The number of H-pyrrole nitrogens is 2. The number of aromatic amines is 2. The van der Waals surface area contributed by atoms with Gasteiger partial charge in [0, 0.05) is 36.2 Å². The molecule has 5 heterocycles. The van der Waals surface area contributed by atoms with Crippen molar-refractivity contribution < 1.29 is 33.4 Å². The maximum Gasteiger partial charge on any atom is 0.407 e. The summed E-state index contributed by atoms with van der Waals surface area (Å²) in [6.07, 6.45) is 4.73. The number of nitrogens with one attached hydrogen (secondary N) is 4. The number of rotatable bonds is 11. The third-order valence-corrected chi connectivity index (χ3v) is 11.7. The van der Waals surface area contributed by atoms with E-state index in [1.54, 1.807) is 29.1 Å². The minimum absolute atomic E-state index is 0.202. The molecule has 16 heteroatoms. The van der Waals surface area contributed by atoms with Crippen LogP contribution in [0, 0.1) is 11.8 Å². The molecule has 2 aliphatic rings. The summed E-state index contributed by atoms with van der Waals surface area (Å²) < 4.78 is 14.9. The smallest absolute Gasteiger partial charge is 0.407 e. The average molecular weight is 819 g/mol. The molecule has 7 rings (SSSR count). The van der Waals surface area contributed by atoms with Crippen molar-refractivity contribution in [2.24, 2.45) is 0 Å². The number of nitrogens with zero attached hydrogens (tertiary/aromatic N) is 4. The van der Waals surface area contributed by atoms with Gasteiger partial charge in [-0.15, -0.1) is 11.3 Å². The first-order chi connectivity index (χ1) is 28.7. The Bertz CT molecular complexity index is 2310. The average Bonchev–Trinajstić information content (AvgIpc) is 4.13. The van der Waals surface area contributed by atoms with Crippen molar-refractivity contribution in [3.63, 3.8) is 0 Å². The maximum atomic E-state index is 13.8. The number of aromatic nitrogens is 4. The first kappa shape index (κ1) is 40.7. The van der Waals surface area contributed by atoms with Crippen LogP contribution < -0.4 is 10.6 Å². The van der Waals surface area contributed by atoms with Crippen molar-refractivity contribution in [1.29, 1.82) is 0 Å². The summed E-state index contributed by atoms with van der Waals surface area (Å²) in [6.45, 7) is 2.82. The second-order valence-corrected chi connectivity index (χ2v) is 15.3. The first-order valence-electron chi connectivity index (χ1n) is 19.4. The van der Waals surface area contributed by atoms with Gasteiger partial charge in [0.05, 0.1) is 56.2 Å². The summed E-state index contributed by atoms with van der Waals surface area (Å²) in [5.41, 5.74) is 5.20. The van der Waals surface area contributed by atoms with E-state index in [2.05, 4.69) is 42.4 Å². The van der Waals surface area contributed by atoms with Crippen molar-refractivity contribution in [2.75, 3.05) is 34.4 Å². The molecule has 0 saturated carbocycles. The lowest BCUT2D eigenvalue weighted by Crippen LogP contribution is -2.54. The van der Waals surface area contributed by atoms with E-state index in [4.69, 9.17) is 14.2 Å². The number of amides is 4. The number of carbonyl (C=O) groups excluding carboxylic acids is 4. The lowest BCUT2D eigenvalue weighted by molar-refractivity contribution is -0.137. The number of benzene rings is 2. The van der Waals surface area contributed by atoms with Crippen LogP contribution in [0.25, 0.3) is 22.5 Å². The standard InChI is InChI=1S/C43H46N8O7S/c1-26(56-2)36(48-42(54)57-3)40(52)50-21-5-8-33(50)38-44-24-31(46-38)29-17-13-27(14-18-29)11-12-28-15-19-30(20-16-28)32-25-45-39(47-32)34-9-6-22-51(34)41(53)37(49-43(55)58-4)35-10-7-23-59-35/h7,10,13-20,23-26,33-34,36-37H,5-6,8-9,21-22H2,1-4H3,(H,44,46)(H,45,47)(H,48,54)(H,49,55)/t26-,33?,34?,36+,37-/m1/s1. The zero-order valence-corrected chi connectivity index (χ0v) is 34.0. The Hall–Kier alpha value is -6.44. The highest BCUT2D eigenvalue weighted by Gasteiger charge is 2.39. The molecule has 2 aliphatic heterocycles. The summed E-state index contributed by atoms with van der Waals surface area (Å²) in [6, 6.07) is 17.2. The van der Waals surface area contributed by atoms with Crippen LogP contribution in [0.5, 0.6) is 0 Å². The largest absolute Gasteiger partial charge is 0.453 e. The van der Waals surface area contributed by atoms with E-state index < -0.39 is 30.4 Å². The monoisotopic (exact) mass is 818 g/mol. The van der Waals surface area contributed by atoms with Crippen LogP contribution in [-0.4, -0.2) is 100 Å². The van der Waals surface area contributed by atoms with Crippen LogP contribution in [0.3, 0.4) is 0 Å². The van der Waals surface area contributed by atoms with Crippen molar-refractivity contribution >= 4 is 35.3 Å². The lowest BCUT2D eigenvalue weighted by Gasteiger charge is -2.30. The molecule has 3 aromatic heterocycles. The Morgan fingerprint density at radius 3 is 1.73 bits per heavy atom. The van der Waals surface area contributed by atoms with Gasteiger partial charge in [0.25, 0.3) is 5.91 Å². The first-order valence-corrected chi connectivity index (χ1v) is 20.2. The molecule has 5 aromatic rings. The predicted molar refractivity (Wildman–Crippen MR) is 220 cm³/mol. The van der Waals surface area contributed by atoms with Gasteiger partial charge in [-0.25, -0.2) is 19.6 Å². The highest BCUT2D eigenvalue weighted by Crippen LogP contribution is 2.35. The molecule has 2 unspecified atom stereocenters. The van der Waals surface area contributed by atoms with Crippen molar-refractivity contribution in [3.8, 4) is 34.4 Å². The van der Waals surface area contributed by atoms with Gasteiger partial charge in [0.1, 0.15) is 23.7 Å². The number of carbonyl (C=O) groups is 4. The number of alkyl carbamates (subject to hydrolysis) is 2. The number of hydrogen-bond acceptors (Lipinski definition) is 10. The number of methoxy groups -OCH3 is 3. The van der Waals surface area contributed by atoms with E-state index in [9.17, 15) is 19.2 Å². The van der Waals surface area contributed by atoms with Crippen molar-refractivity contribution in [1.82, 2.24) is 40.4 Å². The van der Waals surface area contributed by atoms with Crippen LogP contribution >= 0.6 is 11.3 Å². The van der Waals surface area contributed by atoms with E-state index in [0.717, 1.165) is 64.2 Å². The van der Waals surface area contributed by atoms with E-state index >= 15 is 0 Å². The highest BCUT2D eigenvalue weighted by atomic mass is 32.1. The fourth-order valence-corrected chi connectivity index (χ4v) is 8.25. The number of likely N-dealkylation sites (tertiary alicyclic amines) is 2. The quantitative estimate of drug-likeness (QED) is 0.114. The summed E-state index contributed by atoms with van der Waals surface area (Å²) in [4.78, 5) is 71.8. The fraction of sp³-hybridized carbons (Fsp3) is 0.349. The molecule has 2 saturated heterocycles. The maximum absolute atomic E-state index is 13.8. The van der Waals surface area contributed by atoms with Crippen LogP contribution in [0.15, 0.2) is 78.4 Å². The van der Waals surface area contributed by atoms with Gasteiger partial charge < -0.3 is 44.6 Å². The topological polar surface area (TPSA) is 184 Å². The molecule has 0 spiro atoms. The van der Waals surface area contributed by atoms with Crippen molar-refractivity contribution in [2.45, 2.75) is 62.9 Å². The molecule has 4 amide bonds. The van der Waals surface area contributed by atoms with Crippen LogP contribution in [0.1, 0.15) is 78.4 Å². The number of thiophene rings is 1. The second kappa shape index (κ2) is 18.4. The summed E-state index contributed by atoms with van der Waals surface area (Å²) >= 11 is 1.40. The van der Waals surface area contributed by atoms with Gasteiger partial charge >= 0.3 is 12.2 Å². The molecular weight excluding hydrogens is 773 g/mol. The molecule has 4 N–H and O–H groups in total. The summed E-state index contributed by atoms with van der Waals surface area (Å²) in [7, 11) is 4.03. The van der Waals surface area contributed by atoms with Crippen LogP contribution in [-0.2, 0) is 23.8 Å². The van der Waals surface area contributed by atoms with Crippen molar-refractivity contribution in [3.05, 3.63) is 106 Å². The number of hydrogen-bond donors (Lipinski definition) is 4. The number of ether oxygens (including phenoxy) is 3. The Morgan fingerprint density at radius 2 is 1.25 bits per heavy atom. The molecule has 306 valence electrons. The fourth-order valence-electron chi connectivity index (χ4n) is 7.48. The molecule has 2 aromatic carbocycles. The van der Waals surface area contributed by atoms with Gasteiger partial charge in [-0.05, 0) is 79.4 Å². The molecule has 0 radical (unpaired) electrons. The zero-order valence-electron chi connectivity index (χ0n) is 33.2. The Kier molecular flexibility index (Phi) is 12.7. The van der Waals surface area contributed by atoms with Gasteiger partial charge in [0.2, 0.25) is 5.91 Å². The molecule has 0 aliphatic carbocycles. The molecule has 5 atom stereocenters. The second-order valence-electron chi connectivity index (χ2n) is 14.3.